The number of rotatable bonds is 5. The summed E-state index contributed by atoms with van der Waals surface area (Å²) < 4.78 is 82.9. The van der Waals surface area contributed by atoms with E-state index in [4.69, 9.17) is 0 Å². The van der Waals surface area contributed by atoms with Crippen LogP contribution in [0.15, 0.2) is 42.5 Å². The molecular formula is C19H20Cl2F6N2O3. The van der Waals surface area contributed by atoms with E-state index >= 15 is 0 Å². The van der Waals surface area contributed by atoms with Crippen LogP contribution in [0.4, 0.5) is 26.3 Å². The van der Waals surface area contributed by atoms with E-state index < -0.39 is 30.3 Å². The summed E-state index contributed by atoms with van der Waals surface area (Å²) in [7, 11) is 0. The number of halogens is 8. The lowest BCUT2D eigenvalue weighted by atomic mass is 9.95. The molecule has 1 atom stereocenters. The largest absolute Gasteiger partial charge is 0.573 e. The van der Waals surface area contributed by atoms with E-state index in [1.54, 1.807) is 0 Å². The van der Waals surface area contributed by atoms with Gasteiger partial charge in [0.25, 0.3) is 0 Å². The number of hydrogen-bond acceptors (Lipinski definition) is 5. The van der Waals surface area contributed by atoms with Gasteiger partial charge in [0, 0.05) is 31.7 Å². The lowest BCUT2D eigenvalue weighted by Gasteiger charge is -2.36. The Morgan fingerprint density at radius 3 is 1.84 bits per heavy atom. The van der Waals surface area contributed by atoms with Crippen LogP contribution in [0, 0.1) is 0 Å². The van der Waals surface area contributed by atoms with Crippen LogP contribution in [0.25, 0.3) is 0 Å². The van der Waals surface area contributed by atoms with Crippen molar-refractivity contribution < 1.29 is 40.9 Å². The Bertz CT molecular complexity index is 860. The quantitative estimate of drug-likeness (QED) is 0.555. The van der Waals surface area contributed by atoms with Gasteiger partial charge in [-0.2, -0.15) is 0 Å². The molecule has 3 rings (SSSR count). The summed E-state index contributed by atoms with van der Waals surface area (Å²) in [6.45, 7) is 2.22. The lowest BCUT2D eigenvalue weighted by molar-refractivity contribution is -0.275. The van der Waals surface area contributed by atoms with Gasteiger partial charge in [-0.25, -0.2) is 0 Å². The van der Waals surface area contributed by atoms with Crippen molar-refractivity contribution in [3.63, 3.8) is 0 Å². The van der Waals surface area contributed by atoms with Gasteiger partial charge in [-0.15, -0.1) is 51.2 Å². The summed E-state index contributed by atoms with van der Waals surface area (Å²) in [4.78, 5) is 1.91. The number of alkyl halides is 6. The Balaban J connectivity index is 0.00000256. The first-order valence-corrected chi connectivity index (χ1v) is 8.91. The third kappa shape index (κ3) is 7.80. The van der Waals surface area contributed by atoms with E-state index in [1.807, 2.05) is 4.90 Å². The molecule has 2 aromatic rings. The number of aromatic hydroxyl groups is 1. The van der Waals surface area contributed by atoms with Crippen LogP contribution in [-0.4, -0.2) is 48.9 Å². The Morgan fingerprint density at radius 2 is 1.31 bits per heavy atom. The molecule has 13 heteroatoms. The maximum Gasteiger partial charge on any atom is 0.573 e. The normalized spacial score (nSPS) is 15.8. The van der Waals surface area contributed by atoms with Gasteiger partial charge in [0.2, 0.25) is 0 Å². The van der Waals surface area contributed by atoms with Crippen molar-refractivity contribution in [2.75, 3.05) is 26.2 Å². The Kier molecular flexibility index (Phi) is 9.76. The van der Waals surface area contributed by atoms with Crippen molar-refractivity contribution in [2.24, 2.45) is 0 Å². The molecule has 1 fully saturated rings. The zero-order valence-corrected chi connectivity index (χ0v) is 17.9. The second-order valence-electron chi connectivity index (χ2n) is 6.57. The SMILES string of the molecule is Cl.Cl.Oc1ccc(OC(F)(F)F)cc1[C@H](c1ccc(OC(F)(F)F)cc1)N1CCNCC1. The molecule has 0 bridgehead atoms. The highest BCUT2D eigenvalue weighted by Crippen LogP contribution is 2.38. The third-order valence-electron chi connectivity index (χ3n) is 4.47. The van der Waals surface area contributed by atoms with Gasteiger partial charge in [-0.05, 0) is 35.9 Å². The van der Waals surface area contributed by atoms with Gasteiger partial charge in [-0.3, -0.25) is 4.90 Å². The second-order valence-corrected chi connectivity index (χ2v) is 6.57. The summed E-state index contributed by atoms with van der Waals surface area (Å²) in [6.07, 6.45) is -9.75. The van der Waals surface area contributed by atoms with Gasteiger partial charge in [0.1, 0.15) is 17.2 Å². The molecule has 1 heterocycles. The predicted molar refractivity (Wildman–Crippen MR) is 109 cm³/mol. The lowest BCUT2D eigenvalue weighted by Crippen LogP contribution is -2.45. The molecule has 0 aromatic heterocycles. The molecule has 2 aromatic carbocycles. The van der Waals surface area contributed by atoms with Crippen LogP contribution in [0.3, 0.4) is 0 Å². The predicted octanol–water partition coefficient (Wildman–Crippen LogP) is 5.03. The van der Waals surface area contributed by atoms with Gasteiger partial charge >= 0.3 is 12.7 Å². The monoisotopic (exact) mass is 508 g/mol. The molecule has 5 nitrogen and oxygen atoms in total. The molecule has 0 aliphatic carbocycles. The molecule has 1 aliphatic heterocycles. The molecule has 0 amide bonds. The summed E-state index contributed by atoms with van der Waals surface area (Å²) in [5.74, 6) is -1.19. The fraction of sp³-hybridized carbons (Fsp3) is 0.368. The standard InChI is InChI=1S/C19H18F6N2O3.2ClH/c20-18(21,22)29-13-3-1-12(2-4-13)17(27-9-7-26-8-10-27)15-11-14(5-6-16(15)28)30-19(23,24)25;;/h1-6,11,17,26,28H,7-10H2;2*1H/t17-;;/m0../s1. The van der Waals surface area contributed by atoms with Crippen molar-refractivity contribution >= 4 is 24.8 Å². The van der Waals surface area contributed by atoms with Crippen LogP contribution in [0.5, 0.6) is 17.2 Å². The average molecular weight is 509 g/mol. The summed E-state index contributed by atoms with van der Waals surface area (Å²) in [6, 6.07) is 7.44. The molecule has 0 unspecified atom stereocenters. The number of phenols is 1. The molecule has 1 aliphatic rings. The number of nitrogens with one attached hydrogen (secondary N) is 1. The van der Waals surface area contributed by atoms with Crippen LogP contribution in [-0.2, 0) is 0 Å². The number of phenolic OH excluding ortho intramolecular Hbond substituents is 1. The smallest absolute Gasteiger partial charge is 0.508 e. The minimum Gasteiger partial charge on any atom is -0.508 e. The number of ether oxygens (including phenoxy) is 2. The van der Waals surface area contributed by atoms with E-state index in [1.165, 1.54) is 12.1 Å². The molecule has 0 saturated carbocycles. The second kappa shape index (κ2) is 11.2. The van der Waals surface area contributed by atoms with E-state index in [-0.39, 0.29) is 36.1 Å². The highest BCUT2D eigenvalue weighted by atomic mass is 35.5. The molecular weight excluding hydrogens is 489 g/mol. The highest BCUT2D eigenvalue weighted by molar-refractivity contribution is 5.85. The van der Waals surface area contributed by atoms with Gasteiger partial charge in [0.15, 0.2) is 0 Å². The summed E-state index contributed by atoms with van der Waals surface area (Å²) >= 11 is 0. The van der Waals surface area contributed by atoms with Crippen molar-refractivity contribution in [1.29, 1.82) is 0 Å². The van der Waals surface area contributed by atoms with Crippen LogP contribution >= 0.6 is 24.8 Å². The van der Waals surface area contributed by atoms with Gasteiger partial charge in [0.05, 0.1) is 6.04 Å². The van der Waals surface area contributed by atoms with Crippen molar-refractivity contribution in [1.82, 2.24) is 10.2 Å². The van der Waals surface area contributed by atoms with Gasteiger partial charge in [-0.1, -0.05) is 12.1 Å². The molecule has 2 N–H and O–H groups in total. The number of piperazine rings is 1. The molecule has 32 heavy (non-hydrogen) atoms. The fourth-order valence-corrected chi connectivity index (χ4v) is 3.33. The average Bonchev–Trinajstić information content (AvgIpc) is 2.64. The minimum atomic E-state index is -4.91. The maximum atomic E-state index is 12.6. The Hall–Kier alpha value is -2.08. The third-order valence-corrected chi connectivity index (χ3v) is 4.47. The zero-order valence-electron chi connectivity index (χ0n) is 16.2. The summed E-state index contributed by atoms with van der Waals surface area (Å²) in [5, 5.41) is 13.5. The van der Waals surface area contributed by atoms with Crippen molar-refractivity contribution in [2.45, 2.75) is 18.8 Å². The van der Waals surface area contributed by atoms with Crippen molar-refractivity contribution in [3.05, 3.63) is 53.6 Å². The number of nitrogens with zero attached hydrogens (tertiary/aromatic N) is 1. The molecule has 1 saturated heterocycles. The van der Waals surface area contributed by atoms with Crippen LogP contribution < -0.4 is 14.8 Å². The van der Waals surface area contributed by atoms with Crippen LogP contribution in [0.1, 0.15) is 17.2 Å². The number of benzene rings is 2. The zero-order chi connectivity index (χ0) is 21.9. The maximum absolute atomic E-state index is 12.6. The first-order valence-electron chi connectivity index (χ1n) is 8.91. The van der Waals surface area contributed by atoms with E-state index in [0.717, 1.165) is 30.3 Å². The Labute approximate surface area is 192 Å². The summed E-state index contributed by atoms with van der Waals surface area (Å²) in [5.41, 5.74) is 0.619. The van der Waals surface area contributed by atoms with Gasteiger partial charge < -0.3 is 19.9 Å². The fourth-order valence-electron chi connectivity index (χ4n) is 3.33. The minimum absolute atomic E-state index is 0. The van der Waals surface area contributed by atoms with E-state index in [9.17, 15) is 31.4 Å². The highest BCUT2D eigenvalue weighted by Gasteiger charge is 2.33. The topological polar surface area (TPSA) is 54.0 Å². The van der Waals surface area contributed by atoms with E-state index in [0.29, 0.717) is 31.7 Å². The van der Waals surface area contributed by atoms with Crippen molar-refractivity contribution in [3.8, 4) is 17.2 Å². The molecule has 180 valence electrons. The number of hydrogen-bond donors (Lipinski definition) is 2. The molecule has 0 spiro atoms. The first-order chi connectivity index (χ1) is 14.0. The van der Waals surface area contributed by atoms with Crippen LogP contribution in [0.2, 0.25) is 0 Å². The Morgan fingerprint density at radius 1 is 0.812 bits per heavy atom. The molecule has 0 radical (unpaired) electrons. The van der Waals surface area contributed by atoms with E-state index in [2.05, 4.69) is 14.8 Å². The first kappa shape index (κ1) is 28.0.